The van der Waals surface area contributed by atoms with Gasteiger partial charge < -0.3 is 4.74 Å². The Morgan fingerprint density at radius 3 is 2.76 bits per heavy atom. The van der Waals surface area contributed by atoms with E-state index in [1.807, 2.05) is 25.6 Å². The molecule has 0 spiro atoms. The summed E-state index contributed by atoms with van der Waals surface area (Å²) in [7, 11) is 3.35. The minimum atomic E-state index is -0.155. The van der Waals surface area contributed by atoms with Crippen LogP contribution in [-0.4, -0.2) is 28.6 Å². The van der Waals surface area contributed by atoms with Gasteiger partial charge in [0.15, 0.2) is 0 Å². The lowest BCUT2D eigenvalue weighted by Crippen LogP contribution is -2.15. The number of hydrogen-bond acceptors (Lipinski definition) is 4. The summed E-state index contributed by atoms with van der Waals surface area (Å²) < 4.78 is 7.61. The van der Waals surface area contributed by atoms with Crippen LogP contribution in [0.2, 0.25) is 0 Å². The Morgan fingerprint density at radius 1 is 1.65 bits per heavy atom. The summed E-state index contributed by atoms with van der Waals surface area (Å²) in [5.41, 5.74) is 2.13. The van der Waals surface area contributed by atoms with Crippen LogP contribution < -0.4 is 0 Å². The van der Waals surface area contributed by atoms with Crippen molar-refractivity contribution >= 4 is 33.7 Å². The highest BCUT2D eigenvalue weighted by atomic mass is 79.9. The van der Waals surface area contributed by atoms with E-state index < -0.39 is 0 Å². The number of carbonyl (C=O) groups excluding carboxylic acids is 1. The highest BCUT2D eigenvalue weighted by Crippen LogP contribution is 2.25. The molecule has 6 heteroatoms. The fourth-order valence-corrected chi connectivity index (χ4v) is 3.23. The van der Waals surface area contributed by atoms with Crippen molar-refractivity contribution in [1.82, 2.24) is 9.78 Å². The van der Waals surface area contributed by atoms with Gasteiger partial charge in [-0.3, -0.25) is 9.48 Å². The molecule has 0 amide bonds. The monoisotopic (exact) mass is 320 g/mol. The van der Waals surface area contributed by atoms with E-state index in [2.05, 4.69) is 25.8 Å². The molecule has 0 saturated carbocycles. The van der Waals surface area contributed by atoms with Crippen LogP contribution in [-0.2, 0) is 22.3 Å². The van der Waals surface area contributed by atoms with E-state index in [0.29, 0.717) is 0 Å². The highest BCUT2D eigenvalue weighted by Gasteiger charge is 2.15. The minimum absolute atomic E-state index is 0.0712. The zero-order valence-electron chi connectivity index (χ0n) is 10.5. The van der Waals surface area contributed by atoms with Gasteiger partial charge in [-0.25, -0.2) is 0 Å². The van der Waals surface area contributed by atoms with Gasteiger partial charge in [0.05, 0.1) is 28.9 Å². The topological polar surface area (TPSA) is 44.1 Å². The molecule has 17 heavy (non-hydrogen) atoms. The fourth-order valence-electron chi connectivity index (χ4n) is 1.44. The van der Waals surface area contributed by atoms with Crippen molar-refractivity contribution in [2.45, 2.75) is 19.6 Å². The third-order valence-electron chi connectivity index (χ3n) is 2.47. The van der Waals surface area contributed by atoms with Gasteiger partial charge >= 0.3 is 5.97 Å². The van der Waals surface area contributed by atoms with E-state index >= 15 is 0 Å². The second-order valence-electron chi connectivity index (χ2n) is 3.91. The lowest BCUT2D eigenvalue weighted by molar-refractivity contribution is -0.143. The third kappa shape index (κ3) is 3.74. The maximum atomic E-state index is 11.2. The van der Waals surface area contributed by atoms with E-state index in [9.17, 15) is 4.79 Å². The van der Waals surface area contributed by atoms with Crippen LogP contribution >= 0.6 is 27.7 Å². The molecular weight excluding hydrogens is 304 g/mol. The molecule has 0 saturated heterocycles. The van der Waals surface area contributed by atoms with Crippen molar-refractivity contribution in [2.75, 3.05) is 12.9 Å². The summed E-state index contributed by atoms with van der Waals surface area (Å²) in [6.07, 6.45) is 0. The number of esters is 1. The first-order valence-electron chi connectivity index (χ1n) is 5.31. The smallest absolute Gasteiger partial charge is 0.309 e. The SMILES string of the molecule is COC(=O)C(C)CSCc1c(Br)c(C)nn1C. The van der Waals surface area contributed by atoms with E-state index in [-0.39, 0.29) is 11.9 Å². The molecule has 0 bridgehead atoms. The first kappa shape index (κ1) is 14.6. The molecule has 0 aliphatic heterocycles. The number of aryl methyl sites for hydroxylation is 2. The largest absolute Gasteiger partial charge is 0.469 e. The summed E-state index contributed by atoms with van der Waals surface area (Å²) in [6.45, 7) is 3.84. The van der Waals surface area contributed by atoms with Gasteiger partial charge in [-0.05, 0) is 22.9 Å². The summed E-state index contributed by atoms with van der Waals surface area (Å²) in [4.78, 5) is 11.2. The molecule has 0 aliphatic rings. The van der Waals surface area contributed by atoms with Crippen LogP contribution in [0, 0.1) is 12.8 Å². The average molecular weight is 321 g/mol. The van der Waals surface area contributed by atoms with Crippen LogP contribution in [0.5, 0.6) is 0 Å². The number of aromatic nitrogens is 2. The number of nitrogens with zero attached hydrogens (tertiary/aromatic N) is 2. The van der Waals surface area contributed by atoms with Crippen LogP contribution in [0.25, 0.3) is 0 Å². The number of thioether (sulfide) groups is 1. The summed E-state index contributed by atoms with van der Waals surface area (Å²) in [5, 5.41) is 4.32. The van der Waals surface area contributed by atoms with Crippen molar-refractivity contribution in [3.8, 4) is 0 Å². The maximum absolute atomic E-state index is 11.2. The Kier molecular flexibility index (Phi) is 5.52. The molecule has 0 aromatic carbocycles. The summed E-state index contributed by atoms with van der Waals surface area (Å²) >= 11 is 5.23. The van der Waals surface area contributed by atoms with Gasteiger partial charge in [-0.2, -0.15) is 16.9 Å². The number of ether oxygens (including phenoxy) is 1. The normalized spacial score (nSPS) is 12.5. The number of halogens is 1. The molecule has 1 unspecified atom stereocenters. The van der Waals surface area contributed by atoms with Gasteiger partial charge in [0.25, 0.3) is 0 Å². The van der Waals surface area contributed by atoms with Gasteiger partial charge in [0.1, 0.15) is 0 Å². The molecule has 1 aromatic heterocycles. The highest BCUT2D eigenvalue weighted by molar-refractivity contribution is 9.10. The number of carbonyl (C=O) groups is 1. The molecule has 0 radical (unpaired) electrons. The van der Waals surface area contributed by atoms with Crippen molar-refractivity contribution in [3.05, 3.63) is 15.9 Å². The maximum Gasteiger partial charge on any atom is 0.309 e. The summed E-state index contributed by atoms with van der Waals surface area (Å²) in [5.74, 6) is 1.36. The van der Waals surface area contributed by atoms with Crippen LogP contribution in [0.1, 0.15) is 18.3 Å². The first-order valence-corrected chi connectivity index (χ1v) is 7.25. The predicted octanol–water partition coefficient (Wildman–Crippen LogP) is 2.53. The molecule has 0 aliphatic carbocycles. The minimum Gasteiger partial charge on any atom is -0.469 e. The zero-order valence-corrected chi connectivity index (χ0v) is 12.9. The average Bonchev–Trinajstić information content (AvgIpc) is 2.54. The Balaban J connectivity index is 2.49. The molecule has 1 rings (SSSR count). The molecule has 1 aromatic rings. The van der Waals surface area contributed by atoms with Crippen LogP contribution in [0.4, 0.5) is 0 Å². The Morgan fingerprint density at radius 2 is 2.29 bits per heavy atom. The van der Waals surface area contributed by atoms with Gasteiger partial charge in [-0.1, -0.05) is 6.92 Å². The van der Waals surface area contributed by atoms with Crippen molar-refractivity contribution < 1.29 is 9.53 Å². The standard InChI is InChI=1S/C11H17BrN2O2S/c1-7(11(15)16-4)5-17-6-9-10(12)8(2)13-14(9)3/h7H,5-6H2,1-4H3. The van der Waals surface area contributed by atoms with Gasteiger partial charge in [0, 0.05) is 18.6 Å². The van der Waals surface area contributed by atoms with Crippen LogP contribution in [0.15, 0.2) is 4.47 Å². The zero-order chi connectivity index (χ0) is 13.0. The van der Waals surface area contributed by atoms with E-state index in [1.54, 1.807) is 11.8 Å². The number of hydrogen-bond donors (Lipinski definition) is 0. The Bertz CT molecular complexity index is 406. The fraction of sp³-hybridized carbons (Fsp3) is 0.636. The van der Waals surface area contributed by atoms with E-state index in [1.165, 1.54) is 7.11 Å². The lowest BCUT2D eigenvalue weighted by Gasteiger charge is -2.08. The molecule has 0 fully saturated rings. The predicted molar refractivity (Wildman–Crippen MR) is 73.0 cm³/mol. The Labute approximate surface area is 114 Å². The lowest BCUT2D eigenvalue weighted by atomic mass is 10.2. The van der Waals surface area contributed by atoms with Gasteiger partial charge in [-0.15, -0.1) is 0 Å². The summed E-state index contributed by atoms with van der Waals surface area (Å²) in [6, 6.07) is 0. The molecule has 96 valence electrons. The number of methoxy groups -OCH3 is 1. The van der Waals surface area contributed by atoms with Crippen LogP contribution in [0.3, 0.4) is 0 Å². The first-order chi connectivity index (χ1) is 7.97. The second kappa shape index (κ2) is 6.44. The Hall–Kier alpha value is -0.490. The van der Waals surface area contributed by atoms with E-state index in [0.717, 1.165) is 27.4 Å². The van der Waals surface area contributed by atoms with Crippen molar-refractivity contribution in [3.63, 3.8) is 0 Å². The molecule has 1 heterocycles. The van der Waals surface area contributed by atoms with Gasteiger partial charge in [0.2, 0.25) is 0 Å². The molecule has 0 N–H and O–H groups in total. The molecule has 1 atom stereocenters. The molecular formula is C11H17BrN2O2S. The van der Waals surface area contributed by atoms with Crippen molar-refractivity contribution in [2.24, 2.45) is 13.0 Å². The second-order valence-corrected chi connectivity index (χ2v) is 5.73. The third-order valence-corrected chi connectivity index (χ3v) is 4.72. The number of rotatable bonds is 5. The van der Waals surface area contributed by atoms with Crippen molar-refractivity contribution in [1.29, 1.82) is 0 Å². The van der Waals surface area contributed by atoms with E-state index in [4.69, 9.17) is 0 Å². The quantitative estimate of drug-likeness (QED) is 0.782. The molecule has 4 nitrogen and oxygen atoms in total.